The van der Waals surface area contributed by atoms with E-state index in [0.717, 1.165) is 0 Å². The maximum absolute atomic E-state index is 11.5. The molecule has 4 amide bonds. The molecular formula is C28H18N4O8. The van der Waals surface area contributed by atoms with Crippen LogP contribution in [-0.4, -0.2) is 28.6 Å². The highest BCUT2D eigenvalue weighted by molar-refractivity contribution is 6.22. The molecule has 6 rings (SSSR count). The zero-order valence-electron chi connectivity index (χ0n) is 20.4. The first-order valence-electron chi connectivity index (χ1n) is 11.6. The SMILES string of the molecule is Nc1ccc(Oc2ccc3c(c2)C(=O)NC3=O)cc1.O=C1NC(=O)c2cc(Oc3ccc([N+](=O)[O-])cc3)ccc21. The second-order valence-electron chi connectivity index (χ2n) is 8.51. The monoisotopic (exact) mass is 538 g/mol. The van der Waals surface area contributed by atoms with Gasteiger partial charge in [0.15, 0.2) is 0 Å². The summed E-state index contributed by atoms with van der Waals surface area (Å²) in [5.41, 5.74) is 7.44. The fourth-order valence-corrected chi connectivity index (χ4v) is 3.86. The number of rotatable bonds is 5. The number of nitro groups is 1. The number of nitrogen functional groups attached to an aromatic ring is 1. The van der Waals surface area contributed by atoms with Crippen molar-refractivity contribution in [3.05, 3.63) is 117 Å². The number of fused-ring (bicyclic) bond motifs is 2. The average Bonchev–Trinajstić information content (AvgIpc) is 3.39. The lowest BCUT2D eigenvalue weighted by Crippen LogP contribution is -2.19. The van der Waals surface area contributed by atoms with Gasteiger partial charge in [-0.2, -0.15) is 0 Å². The van der Waals surface area contributed by atoms with Crippen LogP contribution in [0.25, 0.3) is 0 Å². The third-order valence-corrected chi connectivity index (χ3v) is 5.81. The van der Waals surface area contributed by atoms with E-state index in [-0.39, 0.29) is 17.2 Å². The Bertz CT molecular complexity index is 1700. The molecule has 0 saturated carbocycles. The van der Waals surface area contributed by atoms with Crippen LogP contribution >= 0.6 is 0 Å². The molecule has 0 spiro atoms. The van der Waals surface area contributed by atoms with Crippen LogP contribution in [0.4, 0.5) is 11.4 Å². The molecule has 40 heavy (non-hydrogen) atoms. The average molecular weight is 538 g/mol. The topological polar surface area (TPSA) is 180 Å². The molecule has 0 saturated heterocycles. The number of anilines is 1. The van der Waals surface area contributed by atoms with E-state index in [1.165, 1.54) is 36.4 Å². The van der Waals surface area contributed by atoms with E-state index in [4.69, 9.17) is 15.2 Å². The number of amides is 4. The van der Waals surface area contributed by atoms with Crippen LogP contribution in [0.1, 0.15) is 41.4 Å². The van der Waals surface area contributed by atoms with Crippen LogP contribution in [0.2, 0.25) is 0 Å². The van der Waals surface area contributed by atoms with Crippen molar-refractivity contribution < 1.29 is 33.6 Å². The van der Waals surface area contributed by atoms with Crippen molar-refractivity contribution >= 4 is 35.0 Å². The van der Waals surface area contributed by atoms with Crippen molar-refractivity contribution in [3.63, 3.8) is 0 Å². The Labute approximate surface area is 225 Å². The fraction of sp³-hybridized carbons (Fsp3) is 0. The van der Waals surface area contributed by atoms with Crippen LogP contribution in [0.3, 0.4) is 0 Å². The van der Waals surface area contributed by atoms with E-state index in [2.05, 4.69) is 10.6 Å². The molecule has 0 bridgehead atoms. The molecule has 2 aliphatic heterocycles. The number of imide groups is 2. The fourth-order valence-electron chi connectivity index (χ4n) is 3.86. The van der Waals surface area contributed by atoms with Gasteiger partial charge in [0.25, 0.3) is 29.3 Å². The molecule has 4 N–H and O–H groups in total. The molecule has 0 radical (unpaired) electrons. The highest BCUT2D eigenvalue weighted by Gasteiger charge is 2.28. The maximum Gasteiger partial charge on any atom is 0.269 e. The summed E-state index contributed by atoms with van der Waals surface area (Å²) in [6.45, 7) is 0. The van der Waals surface area contributed by atoms with Gasteiger partial charge in [0.05, 0.1) is 27.2 Å². The zero-order valence-corrected chi connectivity index (χ0v) is 20.4. The molecule has 0 aromatic heterocycles. The van der Waals surface area contributed by atoms with Crippen LogP contribution in [0, 0.1) is 10.1 Å². The number of nitrogens with two attached hydrogens (primary N) is 1. The van der Waals surface area contributed by atoms with Crippen molar-refractivity contribution in [2.24, 2.45) is 0 Å². The van der Waals surface area contributed by atoms with Crippen LogP contribution in [-0.2, 0) is 0 Å². The Morgan fingerprint density at radius 1 is 0.550 bits per heavy atom. The zero-order chi connectivity index (χ0) is 28.4. The van der Waals surface area contributed by atoms with E-state index in [1.54, 1.807) is 48.5 Å². The summed E-state index contributed by atoms with van der Waals surface area (Å²) in [4.78, 5) is 55.9. The van der Waals surface area contributed by atoms with Crippen LogP contribution in [0.15, 0.2) is 84.9 Å². The van der Waals surface area contributed by atoms with Gasteiger partial charge in [-0.3, -0.25) is 39.9 Å². The molecule has 198 valence electrons. The van der Waals surface area contributed by atoms with Crippen LogP contribution < -0.4 is 25.8 Å². The van der Waals surface area contributed by atoms with Crippen molar-refractivity contribution in [3.8, 4) is 23.0 Å². The first-order chi connectivity index (χ1) is 19.2. The minimum atomic E-state index is -0.505. The molecule has 0 atom stereocenters. The summed E-state index contributed by atoms with van der Waals surface area (Å²) in [6.07, 6.45) is 0. The summed E-state index contributed by atoms with van der Waals surface area (Å²) in [7, 11) is 0. The lowest BCUT2D eigenvalue weighted by Gasteiger charge is -2.06. The number of carbonyl (C=O) groups is 4. The number of benzene rings is 4. The number of carbonyl (C=O) groups excluding carboxylic acids is 4. The number of nitrogens with one attached hydrogen (secondary N) is 2. The van der Waals surface area contributed by atoms with Gasteiger partial charge in [0, 0.05) is 17.8 Å². The molecule has 2 aliphatic rings. The minimum absolute atomic E-state index is 0.0405. The number of nitrogens with zero attached hydrogens (tertiary/aromatic N) is 1. The lowest BCUT2D eigenvalue weighted by atomic mass is 10.1. The summed E-state index contributed by atoms with van der Waals surface area (Å²) >= 11 is 0. The molecule has 12 nitrogen and oxygen atoms in total. The van der Waals surface area contributed by atoms with Gasteiger partial charge in [-0.25, -0.2) is 0 Å². The largest absolute Gasteiger partial charge is 0.457 e. The molecule has 12 heteroatoms. The maximum atomic E-state index is 11.5. The van der Waals surface area contributed by atoms with E-state index < -0.39 is 22.6 Å². The Hall–Kier alpha value is -6.04. The molecule has 0 unspecified atom stereocenters. The van der Waals surface area contributed by atoms with Crippen LogP contribution in [0.5, 0.6) is 23.0 Å². The summed E-state index contributed by atoms with van der Waals surface area (Å²) in [5.74, 6) is 0.188. The highest BCUT2D eigenvalue weighted by atomic mass is 16.6. The smallest absolute Gasteiger partial charge is 0.269 e. The Morgan fingerprint density at radius 2 is 0.925 bits per heavy atom. The molecule has 2 heterocycles. The van der Waals surface area contributed by atoms with Gasteiger partial charge in [-0.15, -0.1) is 0 Å². The minimum Gasteiger partial charge on any atom is -0.457 e. The van der Waals surface area contributed by atoms with Crippen molar-refractivity contribution in [1.29, 1.82) is 0 Å². The molecule has 0 fully saturated rings. The van der Waals surface area contributed by atoms with Gasteiger partial charge >= 0.3 is 0 Å². The van der Waals surface area contributed by atoms with Crippen molar-refractivity contribution in [2.75, 3.05) is 5.73 Å². The predicted octanol–water partition coefficient (Wildman–Crippen LogP) is 4.22. The third kappa shape index (κ3) is 5.31. The molecule has 4 aromatic carbocycles. The Balaban J connectivity index is 0.000000162. The van der Waals surface area contributed by atoms with Crippen molar-refractivity contribution in [1.82, 2.24) is 10.6 Å². The second kappa shape index (κ2) is 10.4. The Morgan fingerprint density at radius 3 is 1.35 bits per heavy atom. The predicted molar refractivity (Wildman–Crippen MR) is 141 cm³/mol. The number of non-ortho nitro benzene ring substituents is 1. The van der Waals surface area contributed by atoms with Gasteiger partial charge in [0.1, 0.15) is 23.0 Å². The second-order valence-corrected chi connectivity index (χ2v) is 8.51. The van der Waals surface area contributed by atoms with Gasteiger partial charge in [-0.1, -0.05) is 0 Å². The number of hydrogen-bond acceptors (Lipinski definition) is 9. The van der Waals surface area contributed by atoms with E-state index in [0.29, 0.717) is 45.4 Å². The van der Waals surface area contributed by atoms with E-state index in [9.17, 15) is 29.3 Å². The molecule has 4 aromatic rings. The quantitative estimate of drug-likeness (QED) is 0.145. The first kappa shape index (κ1) is 25.6. The summed E-state index contributed by atoms with van der Waals surface area (Å²) < 4.78 is 11.1. The van der Waals surface area contributed by atoms with Gasteiger partial charge in [0.2, 0.25) is 0 Å². The molecular weight excluding hydrogens is 520 g/mol. The van der Waals surface area contributed by atoms with Crippen molar-refractivity contribution in [2.45, 2.75) is 0 Å². The first-order valence-corrected chi connectivity index (χ1v) is 11.6. The number of hydrogen-bond donors (Lipinski definition) is 3. The van der Waals surface area contributed by atoms with E-state index >= 15 is 0 Å². The van der Waals surface area contributed by atoms with Gasteiger partial charge < -0.3 is 15.2 Å². The van der Waals surface area contributed by atoms with E-state index in [1.807, 2.05) is 0 Å². The lowest BCUT2D eigenvalue weighted by molar-refractivity contribution is -0.384. The summed E-state index contributed by atoms with van der Waals surface area (Å²) in [5, 5.41) is 15.0. The highest BCUT2D eigenvalue weighted by Crippen LogP contribution is 2.28. The number of nitro benzene ring substituents is 1. The number of ether oxygens (including phenoxy) is 2. The normalized spacial score (nSPS) is 12.9. The standard InChI is InChI=1S/C14H8N2O5.C14H10N2O3/c17-13-11-6-5-10(7-12(11)14(18)15-13)21-9-3-1-8(2-4-9)16(19)20;15-8-1-3-9(4-2-8)19-10-5-6-11-12(7-10)14(18)16-13(11)17/h1-7H,(H,15,17,18);1-7H,15H2,(H,16,17,18). The summed E-state index contributed by atoms with van der Waals surface area (Å²) in [6, 6.07) is 21.7. The third-order valence-electron chi connectivity index (χ3n) is 5.81. The Kier molecular flexibility index (Phi) is 6.64. The molecule has 0 aliphatic carbocycles. The van der Waals surface area contributed by atoms with Gasteiger partial charge in [-0.05, 0) is 72.8 Å².